The largest absolute Gasteiger partial charge is 0.481 e. The highest BCUT2D eigenvalue weighted by molar-refractivity contribution is 5.82. The highest BCUT2D eigenvalue weighted by Crippen LogP contribution is 2.35. The van der Waals surface area contributed by atoms with Crippen LogP contribution >= 0.6 is 0 Å². The molecule has 1 aliphatic heterocycles. The first-order valence-electron chi connectivity index (χ1n) is 8.17. The third-order valence-electron chi connectivity index (χ3n) is 4.83. The maximum atomic E-state index is 12.1. The Bertz CT molecular complexity index is 666. The second-order valence-electron chi connectivity index (χ2n) is 6.55. The van der Waals surface area contributed by atoms with E-state index in [9.17, 15) is 9.90 Å². The summed E-state index contributed by atoms with van der Waals surface area (Å²) < 4.78 is 0. The molecule has 1 aliphatic rings. The number of nitrogens with zero attached hydrogens (tertiary/aromatic N) is 1. The fourth-order valence-electron chi connectivity index (χ4n) is 3.53. The fourth-order valence-corrected chi connectivity index (χ4v) is 3.53. The Morgan fingerprint density at radius 2 is 1.83 bits per heavy atom. The van der Waals surface area contributed by atoms with Crippen molar-refractivity contribution in [1.82, 2.24) is 4.90 Å². The Labute approximate surface area is 137 Å². The van der Waals surface area contributed by atoms with Crippen molar-refractivity contribution in [2.75, 3.05) is 13.1 Å². The number of aryl methyl sites for hydroxylation is 1. The van der Waals surface area contributed by atoms with Crippen molar-refractivity contribution >= 4 is 5.97 Å². The van der Waals surface area contributed by atoms with Gasteiger partial charge >= 0.3 is 5.97 Å². The SMILES string of the molecule is Cc1ccc(C2(C(=O)O)CCCN(Cc3ccccc3)C2)cc1. The quantitative estimate of drug-likeness (QED) is 0.938. The first kappa shape index (κ1) is 15.8. The molecule has 0 spiro atoms. The second kappa shape index (κ2) is 6.55. The lowest BCUT2D eigenvalue weighted by molar-refractivity contribution is -0.146. The van der Waals surface area contributed by atoms with E-state index in [1.54, 1.807) is 0 Å². The predicted molar refractivity (Wildman–Crippen MR) is 91.4 cm³/mol. The summed E-state index contributed by atoms with van der Waals surface area (Å²) in [6, 6.07) is 18.3. The van der Waals surface area contributed by atoms with Gasteiger partial charge in [-0.2, -0.15) is 0 Å². The zero-order valence-electron chi connectivity index (χ0n) is 13.5. The lowest BCUT2D eigenvalue weighted by atomic mass is 9.74. The number of rotatable bonds is 4. The summed E-state index contributed by atoms with van der Waals surface area (Å²) in [5, 5.41) is 9.97. The van der Waals surface area contributed by atoms with Gasteiger partial charge in [-0.3, -0.25) is 9.69 Å². The predicted octanol–water partition coefficient (Wildman–Crippen LogP) is 3.61. The van der Waals surface area contributed by atoms with Crippen molar-refractivity contribution in [3.63, 3.8) is 0 Å². The highest BCUT2D eigenvalue weighted by atomic mass is 16.4. The molecule has 0 amide bonds. The Morgan fingerprint density at radius 3 is 2.48 bits per heavy atom. The number of carboxylic acids is 1. The fraction of sp³-hybridized carbons (Fsp3) is 0.350. The number of aliphatic carboxylic acids is 1. The molecule has 0 aromatic heterocycles. The third-order valence-corrected chi connectivity index (χ3v) is 4.83. The summed E-state index contributed by atoms with van der Waals surface area (Å²) in [4.78, 5) is 14.4. The molecular weight excluding hydrogens is 286 g/mol. The van der Waals surface area contributed by atoms with Crippen LogP contribution in [0.1, 0.15) is 29.5 Å². The monoisotopic (exact) mass is 309 g/mol. The molecule has 0 saturated carbocycles. The minimum Gasteiger partial charge on any atom is -0.481 e. The van der Waals surface area contributed by atoms with Gasteiger partial charge in [0.25, 0.3) is 0 Å². The molecule has 2 aromatic rings. The van der Waals surface area contributed by atoms with Gasteiger partial charge in [0.1, 0.15) is 5.41 Å². The van der Waals surface area contributed by atoms with Crippen molar-refractivity contribution < 1.29 is 9.90 Å². The molecule has 120 valence electrons. The Balaban J connectivity index is 1.85. The molecule has 1 N–H and O–H groups in total. The molecule has 3 heteroatoms. The molecule has 0 bridgehead atoms. The number of carbonyl (C=O) groups is 1. The van der Waals surface area contributed by atoms with Crippen molar-refractivity contribution in [2.45, 2.75) is 31.7 Å². The van der Waals surface area contributed by atoms with Gasteiger partial charge in [0.2, 0.25) is 0 Å². The lowest BCUT2D eigenvalue weighted by Crippen LogP contribution is -2.50. The number of likely N-dealkylation sites (tertiary alicyclic amines) is 1. The minimum atomic E-state index is -0.791. The molecular formula is C20H23NO2. The average Bonchev–Trinajstić information content (AvgIpc) is 2.56. The van der Waals surface area contributed by atoms with Crippen molar-refractivity contribution in [2.24, 2.45) is 0 Å². The average molecular weight is 309 g/mol. The van der Waals surface area contributed by atoms with Gasteiger partial charge in [-0.1, -0.05) is 60.2 Å². The molecule has 3 nitrogen and oxygen atoms in total. The first-order chi connectivity index (χ1) is 11.1. The van der Waals surface area contributed by atoms with Crippen molar-refractivity contribution in [3.05, 3.63) is 71.3 Å². The number of hydrogen-bond donors (Lipinski definition) is 1. The molecule has 1 unspecified atom stereocenters. The summed E-state index contributed by atoms with van der Waals surface area (Å²) in [6.07, 6.45) is 1.61. The molecule has 0 aliphatic carbocycles. The Hall–Kier alpha value is -2.13. The van der Waals surface area contributed by atoms with Crippen LogP contribution in [0.5, 0.6) is 0 Å². The molecule has 0 radical (unpaired) electrons. The van der Waals surface area contributed by atoms with E-state index in [0.29, 0.717) is 13.0 Å². The van der Waals surface area contributed by atoms with E-state index < -0.39 is 11.4 Å². The topological polar surface area (TPSA) is 40.5 Å². The van der Waals surface area contributed by atoms with Gasteiger partial charge in [-0.25, -0.2) is 0 Å². The minimum absolute atomic E-state index is 0.570. The van der Waals surface area contributed by atoms with E-state index in [2.05, 4.69) is 17.0 Å². The van der Waals surface area contributed by atoms with E-state index in [0.717, 1.165) is 30.6 Å². The molecule has 3 rings (SSSR count). The lowest BCUT2D eigenvalue weighted by Gasteiger charge is -2.40. The molecule has 1 heterocycles. The van der Waals surface area contributed by atoms with Gasteiger partial charge in [-0.15, -0.1) is 0 Å². The van der Waals surface area contributed by atoms with Crippen LogP contribution in [0.15, 0.2) is 54.6 Å². The van der Waals surface area contributed by atoms with E-state index in [4.69, 9.17) is 0 Å². The summed E-state index contributed by atoms with van der Waals surface area (Å²) in [5.74, 6) is -0.709. The molecule has 1 saturated heterocycles. The number of benzene rings is 2. The van der Waals surface area contributed by atoms with Crippen LogP contribution in [-0.4, -0.2) is 29.1 Å². The van der Waals surface area contributed by atoms with E-state index in [1.807, 2.05) is 49.4 Å². The zero-order valence-corrected chi connectivity index (χ0v) is 13.5. The summed E-state index contributed by atoms with van der Waals surface area (Å²) in [6.45, 7) is 4.36. The van der Waals surface area contributed by atoms with E-state index >= 15 is 0 Å². The maximum absolute atomic E-state index is 12.1. The molecule has 1 fully saturated rings. The number of hydrogen-bond acceptors (Lipinski definition) is 2. The van der Waals surface area contributed by atoms with Gasteiger partial charge in [0, 0.05) is 13.1 Å². The van der Waals surface area contributed by atoms with Crippen LogP contribution < -0.4 is 0 Å². The summed E-state index contributed by atoms with van der Waals surface area (Å²) in [7, 11) is 0. The van der Waals surface area contributed by atoms with Crippen molar-refractivity contribution in [3.8, 4) is 0 Å². The Kier molecular flexibility index (Phi) is 4.49. The van der Waals surface area contributed by atoms with E-state index in [1.165, 1.54) is 5.56 Å². The standard InChI is InChI=1S/C20H23NO2/c1-16-8-10-18(11-9-16)20(19(22)23)12-5-13-21(15-20)14-17-6-3-2-4-7-17/h2-4,6-11H,5,12-15H2,1H3,(H,22,23). The van der Waals surface area contributed by atoms with E-state index in [-0.39, 0.29) is 0 Å². The second-order valence-corrected chi connectivity index (χ2v) is 6.55. The summed E-state index contributed by atoms with van der Waals surface area (Å²) in [5.41, 5.74) is 2.53. The maximum Gasteiger partial charge on any atom is 0.315 e. The Morgan fingerprint density at radius 1 is 1.13 bits per heavy atom. The number of piperidine rings is 1. The smallest absolute Gasteiger partial charge is 0.315 e. The van der Waals surface area contributed by atoms with Crippen LogP contribution in [0.2, 0.25) is 0 Å². The van der Waals surface area contributed by atoms with Crippen LogP contribution in [0, 0.1) is 6.92 Å². The highest BCUT2D eigenvalue weighted by Gasteiger charge is 2.43. The van der Waals surface area contributed by atoms with Gasteiger partial charge in [0.15, 0.2) is 0 Å². The molecule has 1 atom stereocenters. The molecule has 23 heavy (non-hydrogen) atoms. The van der Waals surface area contributed by atoms with Gasteiger partial charge in [0.05, 0.1) is 0 Å². The van der Waals surface area contributed by atoms with Crippen LogP contribution in [-0.2, 0) is 16.8 Å². The summed E-state index contributed by atoms with van der Waals surface area (Å²) >= 11 is 0. The third kappa shape index (κ3) is 3.30. The zero-order chi connectivity index (χ0) is 16.3. The van der Waals surface area contributed by atoms with Crippen molar-refractivity contribution in [1.29, 1.82) is 0 Å². The van der Waals surface area contributed by atoms with Gasteiger partial charge < -0.3 is 5.11 Å². The van der Waals surface area contributed by atoms with Crippen LogP contribution in [0.4, 0.5) is 0 Å². The van der Waals surface area contributed by atoms with Crippen LogP contribution in [0.3, 0.4) is 0 Å². The molecule has 2 aromatic carbocycles. The van der Waals surface area contributed by atoms with Gasteiger partial charge in [-0.05, 0) is 37.4 Å². The van der Waals surface area contributed by atoms with Crippen LogP contribution in [0.25, 0.3) is 0 Å². The first-order valence-corrected chi connectivity index (χ1v) is 8.17. The number of carboxylic acid groups (broad SMARTS) is 1. The normalized spacial score (nSPS) is 22.0.